The van der Waals surface area contributed by atoms with E-state index in [-0.39, 0.29) is 12.1 Å². The van der Waals surface area contributed by atoms with Crippen molar-refractivity contribution < 1.29 is 14.5 Å². The molecule has 2 aromatic heterocycles. The van der Waals surface area contributed by atoms with Gasteiger partial charge in [0.15, 0.2) is 0 Å². The van der Waals surface area contributed by atoms with Gasteiger partial charge in [0.05, 0.1) is 16.0 Å². The summed E-state index contributed by atoms with van der Waals surface area (Å²) in [5, 5.41) is 13.4. The first-order valence-electron chi connectivity index (χ1n) is 9.64. The highest BCUT2D eigenvalue weighted by molar-refractivity contribution is 6.00. The first-order valence-corrected chi connectivity index (χ1v) is 9.64. The van der Waals surface area contributed by atoms with Crippen LogP contribution in [-0.2, 0) is 11.2 Å². The third-order valence-electron chi connectivity index (χ3n) is 4.93. The van der Waals surface area contributed by atoms with E-state index in [2.05, 4.69) is 20.3 Å². The van der Waals surface area contributed by atoms with Crippen molar-refractivity contribution in [2.75, 3.05) is 0 Å². The molecule has 1 atom stereocenters. The van der Waals surface area contributed by atoms with Gasteiger partial charge in [0.25, 0.3) is 11.6 Å². The molecule has 0 aliphatic heterocycles. The maximum atomic E-state index is 12.8. The molecule has 4 rings (SSSR count). The molecular weight excluding hydrogens is 412 g/mol. The maximum absolute atomic E-state index is 12.8. The van der Waals surface area contributed by atoms with Crippen LogP contribution in [0.4, 0.5) is 5.69 Å². The Morgan fingerprint density at radius 2 is 1.81 bits per heavy atom. The first-order chi connectivity index (χ1) is 15.4. The van der Waals surface area contributed by atoms with Gasteiger partial charge in [0, 0.05) is 42.1 Å². The highest BCUT2D eigenvalue weighted by Crippen LogP contribution is 2.21. The molecule has 2 aromatic carbocycles. The molecule has 0 saturated carbocycles. The number of nitrogens with two attached hydrogens (primary N) is 1. The third-order valence-corrected chi connectivity index (χ3v) is 4.93. The van der Waals surface area contributed by atoms with E-state index in [4.69, 9.17) is 5.73 Å². The summed E-state index contributed by atoms with van der Waals surface area (Å²) in [7, 11) is 0. The highest BCUT2D eigenvalue weighted by atomic mass is 16.6. The van der Waals surface area contributed by atoms with Crippen molar-refractivity contribution in [3.63, 3.8) is 0 Å². The van der Waals surface area contributed by atoms with Crippen LogP contribution in [0.2, 0.25) is 0 Å². The van der Waals surface area contributed by atoms with Gasteiger partial charge in [-0.15, -0.1) is 0 Å². The zero-order valence-electron chi connectivity index (χ0n) is 16.7. The molecule has 160 valence electrons. The number of nitro groups is 1. The molecule has 0 unspecified atom stereocenters. The van der Waals surface area contributed by atoms with Crippen LogP contribution in [0.1, 0.15) is 15.9 Å². The summed E-state index contributed by atoms with van der Waals surface area (Å²) in [5.74, 6) is -0.537. The molecule has 10 heteroatoms. The summed E-state index contributed by atoms with van der Waals surface area (Å²) in [4.78, 5) is 46.6. The van der Waals surface area contributed by atoms with Gasteiger partial charge in [-0.1, -0.05) is 12.1 Å². The van der Waals surface area contributed by atoms with Gasteiger partial charge in [-0.05, 0) is 35.9 Å². The normalized spacial score (nSPS) is 11.8. The number of pyridine rings is 1. The van der Waals surface area contributed by atoms with E-state index in [1.165, 1.54) is 24.3 Å². The summed E-state index contributed by atoms with van der Waals surface area (Å²) in [6, 6.07) is 13.3. The Hall–Kier alpha value is -4.60. The number of hydrogen-bond donors (Lipinski definition) is 3. The summed E-state index contributed by atoms with van der Waals surface area (Å²) in [6.07, 6.45) is 3.43. The molecule has 4 N–H and O–H groups in total. The Balaban J connectivity index is 1.51. The van der Waals surface area contributed by atoms with Crippen molar-refractivity contribution in [2.45, 2.75) is 12.5 Å². The Morgan fingerprint density at radius 1 is 1.09 bits per heavy atom. The number of aromatic amines is 1. The third kappa shape index (κ3) is 4.43. The van der Waals surface area contributed by atoms with Crippen LogP contribution in [0.5, 0.6) is 0 Å². The SMILES string of the molecule is NC(=O)[C@H](Cc1ccc([N+](=O)[O-])cc1)NC(=O)c1ccc2nc(-c3ccncc3)[nH]c2c1. The van der Waals surface area contributed by atoms with Crippen LogP contribution in [0.15, 0.2) is 67.0 Å². The van der Waals surface area contributed by atoms with Gasteiger partial charge in [0.2, 0.25) is 5.91 Å². The molecule has 0 saturated heterocycles. The van der Waals surface area contributed by atoms with Crippen LogP contribution in [0.3, 0.4) is 0 Å². The van der Waals surface area contributed by atoms with Crippen LogP contribution >= 0.6 is 0 Å². The Bertz CT molecular complexity index is 1300. The van der Waals surface area contributed by atoms with Crippen LogP contribution in [0, 0.1) is 10.1 Å². The van der Waals surface area contributed by atoms with Gasteiger partial charge < -0.3 is 16.0 Å². The van der Waals surface area contributed by atoms with E-state index < -0.39 is 22.8 Å². The zero-order chi connectivity index (χ0) is 22.7. The number of carbonyl (C=O) groups is 2. The lowest BCUT2D eigenvalue weighted by Gasteiger charge is -2.15. The lowest BCUT2D eigenvalue weighted by Crippen LogP contribution is -2.45. The average molecular weight is 430 g/mol. The monoisotopic (exact) mass is 430 g/mol. The van der Waals surface area contributed by atoms with E-state index in [0.717, 1.165) is 5.56 Å². The first kappa shape index (κ1) is 20.7. The molecule has 0 aliphatic carbocycles. The predicted molar refractivity (Wildman–Crippen MR) is 117 cm³/mol. The number of nitrogens with zero attached hydrogens (tertiary/aromatic N) is 3. The minimum Gasteiger partial charge on any atom is -0.368 e. The Labute approximate surface area is 181 Å². The summed E-state index contributed by atoms with van der Waals surface area (Å²) < 4.78 is 0. The molecule has 0 spiro atoms. The smallest absolute Gasteiger partial charge is 0.269 e. The number of nitrogens with one attached hydrogen (secondary N) is 2. The number of H-pyrrole nitrogens is 1. The summed E-state index contributed by atoms with van der Waals surface area (Å²) >= 11 is 0. The zero-order valence-corrected chi connectivity index (χ0v) is 16.7. The number of benzene rings is 2. The fourth-order valence-corrected chi connectivity index (χ4v) is 3.25. The van der Waals surface area contributed by atoms with Crippen LogP contribution < -0.4 is 11.1 Å². The van der Waals surface area contributed by atoms with E-state index in [1.54, 1.807) is 30.6 Å². The Morgan fingerprint density at radius 3 is 2.47 bits per heavy atom. The number of hydrogen-bond acceptors (Lipinski definition) is 6. The molecule has 0 aliphatic rings. The number of rotatable bonds is 7. The van der Waals surface area contributed by atoms with E-state index >= 15 is 0 Å². The summed E-state index contributed by atoms with van der Waals surface area (Å²) in [6.45, 7) is 0. The predicted octanol–water partition coefficient (Wildman–Crippen LogP) is 2.36. The fraction of sp³-hybridized carbons (Fsp3) is 0.0909. The lowest BCUT2D eigenvalue weighted by molar-refractivity contribution is -0.384. The minimum atomic E-state index is -0.978. The second-order valence-corrected chi connectivity index (χ2v) is 7.11. The lowest BCUT2D eigenvalue weighted by atomic mass is 10.0. The highest BCUT2D eigenvalue weighted by Gasteiger charge is 2.20. The molecule has 32 heavy (non-hydrogen) atoms. The van der Waals surface area contributed by atoms with Crippen molar-refractivity contribution >= 4 is 28.5 Å². The van der Waals surface area contributed by atoms with Crippen LogP contribution in [0.25, 0.3) is 22.4 Å². The van der Waals surface area contributed by atoms with Crippen molar-refractivity contribution in [3.8, 4) is 11.4 Å². The van der Waals surface area contributed by atoms with Crippen molar-refractivity contribution in [3.05, 3.63) is 88.2 Å². The van der Waals surface area contributed by atoms with E-state index in [0.29, 0.717) is 28.0 Å². The molecule has 0 radical (unpaired) electrons. The second kappa shape index (κ2) is 8.64. The molecular formula is C22H18N6O4. The molecule has 2 heterocycles. The topological polar surface area (TPSA) is 157 Å². The standard InChI is InChI=1S/C22H18N6O4/c23-20(29)19(11-13-1-4-16(5-2-13)28(31)32)27-22(30)15-3-6-17-18(12-15)26-21(25-17)14-7-9-24-10-8-14/h1-10,12,19H,11H2,(H2,23,29)(H,25,26)(H,27,30)/t19-/m0/s1. The van der Waals surface area contributed by atoms with Gasteiger partial charge in [-0.25, -0.2) is 4.98 Å². The minimum absolute atomic E-state index is 0.0626. The maximum Gasteiger partial charge on any atom is 0.269 e. The molecule has 4 aromatic rings. The number of carbonyl (C=O) groups excluding carboxylic acids is 2. The second-order valence-electron chi connectivity index (χ2n) is 7.11. The number of fused-ring (bicyclic) bond motifs is 1. The number of aromatic nitrogens is 3. The van der Waals surface area contributed by atoms with Gasteiger partial charge in [0.1, 0.15) is 11.9 Å². The molecule has 0 bridgehead atoms. The molecule has 2 amide bonds. The van der Waals surface area contributed by atoms with Gasteiger partial charge in [-0.2, -0.15) is 0 Å². The largest absolute Gasteiger partial charge is 0.368 e. The van der Waals surface area contributed by atoms with Crippen molar-refractivity contribution in [1.29, 1.82) is 0 Å². The number of imidazole rings is 1. The van der Waals surface area contributed by atoms with Gasteiger partial charge >= 0.3 is 0 Å². The number of nitro benzene ring substituents is 1. The summed E-state index contributed by atoms with van der Waals surface area (Å²) in [5.41, 5.74) is 8.57. The van der Waals surface area contributed by atoms with Gasteiger partial charge in [-0.3, -0.25) is 24.7 Å². The number of primary amides is 1. The van der Waals surface area contributed by atoms with Crippen molar-refractivity contribution in [1.82, 2.24) is 20.3 Å². The number of non-ortho nitro benzene ring substituents is 1. The number of amides is 2. The van der Waals surface area contributed by atoms with Crippen LogP contribution in [-0.4, -0.2) is 37.7 Å². The van der Waals surface area contributed by atoms with Crippen molar-refractivity contribution in [2.24, 2.45) is 5.73 Å². The quantitative estimate of drug-likeness (QED) is 0.302. The fourth-order valence-electron chi connectivity index (χ4n) is 3.25. The van der Waals surface area contributed by atoms with E-state index in [9.17, 15) is 19.7 Å². The molecule has 0 fully saturated rings. The average Bonchev–Trinajstić information content (AvgIpc) is 3.23. The Kier molecular flexibility index (Phi) is 5.58. The molecule has 10 nitrogen and oxygen atoms in total. The van der Waals surface area contributed by atoms with E-state index in [1.807, 2.05) is 12.1 Å².